The summed E-state index contributed by atoms with van der Waals surface area (Å²) in [5, 5.41) is 9.61. The van der Waals surface area contributed by atoms with Gasteiger partial charge in [0.2, 0.25) is 11.9 Å². The fourth-order valence-electron chi connectivity index (χ4n) is 3.76. The first-order chi connectivity index (χ1) is 20.6. The van der Waals surface area contributed by atoms with Crippen molar-refractivity contribution in [3.63, 3.8) is 0 Å². The molecule has 0 spiro atoms. The number of carbonyl (C=O) groups is 1. The lowest BCUT2D eigenvalue weighted by atomic mass is 9.86. The molecule has 1 unspecified atom stereocenters. The number of nitrogens with two attached hydrogens (primary N) is 1. The van der Waals surface area contributed by atoms with Crippen molar-refractivity contribution in [2.24, 2.45) is 17.1 Å². The van der Waals surface area contributed by atoms with Crippen LogP contribution in [0.4, 0.5) is 30.8 Å². The molecular weight excluding hydrogens is 635 g/mol. The van der Waals surface area contributed by atoms with Crippen LogP contribution in [0.2, 0.25) is 0 Å². The van der Waals surface area contributed by atoms with Crippen LogP contribution in [0.3, 0.4) is 0 Å². The van der Waals surface area contributed by atoms with Gasteiger partial charge in [0.1, 0.15) is 5.75 Å². The van der Waals surface area contributed by atoms with Gasteiger partial charge in [-0.2, -0.15) is 28.1 Å². The van der Waals surface area contributed by atoms with Gasteiger partial charge < -0.3 is 35.9 Å². The molecule has 0 saturated carbocycles. The van der Waals surface area contributed by atoms with Gasteiger partial charge in [0, 0.05) is 41.6 Å². The maximum Gasteiger partial charge on any atom is 0.422 e. The van der Waals surface area contributed by atoms with Crippen LogP contribution in [0.15, 0.2) is 48.5 Å². The Morgan fingerprint density at radius 3 is 2.37 bits per heavy atom. The Morgan fingerprint density at radius 1 is 1.07 bits per heavy atom. The van der Waals surface area contributed by atoms with Gasteiger partial charge in [-0.1, -0.05) is 35.0 Å². The quantitative estimate of drug-likeness (QED) is 0.173. The molecular formula is C28H33BrF3N7O4. The monoisotopic (exact) mass is 667 g/mol. The van der Waals surface area contributed by atoms with Gasteiger partial charge in [-0.25, -0.2) is 0 Å². The van der Waals surface area contributed by atoms with Crippen LogP contribution < -0.4 is 31.2 Å². The zero-order chi connectivity index (χ0) is 30.9. The van der Waals surface area contributed by atoms with E-state index in [4.69, 9.17) is 19.9 Å². The predicted octanol–water partition coefficient (Wildman–Crippen LogP) is 4.28. The number of ether oxygens (including phenoxy) is 3. The molecule has 1 aromatic heterocycles. The topological polar surface area (TPSA) is 146 Å². The SMILES string of the molecule is CC(CBr)COc1ccc(CNc2nc(Nc3ccc(C(=O)NCC4(CN)COC4)cc3)nc(OCC(F)(F)F)n2)cc1. The number of aromatic nitrogens is 3. The van der Waals surface area contributed by atoms with Crippen molar-refractivity contribution in [1.29, 1.82) is 0 Å². The number of amides is 1. The van der Waals surface area contributed by atoms with Crippen molar-refractivity contribution in [1.82, 2.24) is 20.3 Å². The van der Waals surface area contributed by atoms with E-state index in [0.717, 1.165) is 16.6 Å². The van der Waals surface area contributed by atoms with Crippen LogP contribution in [0.1, 0.15) is 22.8 Å². The van der Waals surface area contributed by atoms with E-state index in [0.29, 0.717) is 50.1 Å². The molecule has 1 amide bonds. The lowest BCUT2D eigenvalue weighted by Crippen LogP contribution is -2.55. The Kier molecular flexibility index (Phi) is 11.0. The molecule has 4 rings (SSSR count). The molecule has 43 heavy (non-hydrogen) atoms. The normalized spacial score (nSPS) is 14.7. The van der Waals surface area contributed by atoms with E-state index < -0.39 is 18.8 Å². The Bertz CT molecular complexity index is 1340. The molecule has 0 bridgehead atoms. The Balaban J connectivity index is 1.40. The summed E-state index contributed by atoms with van der Waals surface area (Å²) in [6, 6.07) is 13.3. The zero-order valence-corrected chi connectivity index (χ0v) is 25.0. The van der Waals surface area contributed by atoms with Gasteiger partial charge >= 0.3 is 12.2 Å². The van der Waals surface area contributed by atoms with E-state index in [1.807, 2.05) is 24.3 Å². The van der Waals surface area contributed by atoms with E-state index >= 15 is 0 Å². The van der Waals surface area contributed by atoms with Crippen molar-refractivity contribution in [2.45, 2.75) is 19.6 Å². The molecule has 15 heteroatoms. The summed E-state index contributed by atoms with van der Waals surface area (Å²) in [7, 11) is 0. The number of nitrogens with one attached hydrogen (secondary N) is 3. The summed E-state index contributed by atoms with van der Waals surface area (Å²) in [5.74, 6) is 0.772. The molecule has 232 valence electrons. The zero-order valence-electron chi connectivity index (χ0n) is 23.4. The molecule has 11 nitrogen and oxygen atoms in total. The second-order valence-electron chi connectivity index (χ2n) is 10.3. The Labute approximate surface area is 255 Å². The summed E-state index contributed by atoms with van der Waals surface area (Å²) >= 11 is 3.42. The second kappa shape index (κ2) is 14.7. The minimum atomic E-state index is -4.57. The molecule has 1 aliphatic rings. The standard InChI is InChI=1S/C28H33BrF3N7O4/c1-18(10-29)12-42-22-8-2-19(3-9-22)11-34-24-37-25(39-26(38-24)43-17-28(30,31)32)36-21-6-4-20(5-7-21)23(40)35-14-27(13-33)15-41-16-27/h2-9,18H,10-17,33H2,1H3,(H,35,40)(H2,34,36,37,38,39). The van der Waals surface area contributed by atoms with E-state index in [1.54, 1.807) is 24.3 Å². The third-order valence-electron chi connectivity index (χ3n) is 6.43. The number of halogens is 4. The van der Waals surface area contributed by atoms with Gasteiger partial charge in [0.05, 0.1) is 19.8 Å². The van der Waals surface area contributed by atoms with E-state index in [-0.39, 0.29) is 29.8 Å². The highest BCUT2D eigenvalue weighted by molar-refractivity contribution is 9.09. The van der Waals surface area contributed by atoms with Crippen LogP contribution in [0.25, 0.3) is 0 Å². The number of nitrogens with zero attached hydrogens (tertiary/aromatic N) is 3. The first kappa shape index (κ1) is 32.2. The van der Waals surface area contributed by atoms with E-state index in [2.05, 4.69) is 53.8 Å². The number of rotatable bonds is 15. The highest BCUT2D eigenvalue weighted by Crippen LogP contribution is 2.25. The molecule has 1 fully saturated rings. The number of benzene rings is 2. The highest BCUT2D eigenvalue weighted by atomic mass is 79.9. The van der Waals surface area contributed by atoms with E-state index in [9.17, 15) is 18.0 Å². The van der Waals surface area contributed by atoms with Crippen LogP contribution in [0.5, 0.6) is 11.8 Å². The minimum absolute atomic E-state index is 0.00551. The summed E-state index contributed by atoms with van der Waals surface area (Å²) in [6.07, 6.45) is -4.57. The van der Waals surface area contributed by atoms with Crippen LogP contribution in [-0.4, -0.2) is 71.9 Å². The Morgan fingerprint density at radius 2 is 1.77 bits per heavy atom. The van der Waals surface area contributed by atoms with Crippen molar-refractivity contribution < 1.29 is 32.2 Å². The fourth-order valence-corrected chi connectivity index (χ4v) is 3.94. The first-order valence-electron chi connectivity index (χ1n) is 13.5. The first-order valence-corrected chi connectivity index (χ1v) is 14.6. The minimum Gasteiger partial charge on any atom is -0.493 e. The van der Waals surface area contributed by atoms with Gasteiger partial charge in [-0.15, -0.1) is 0 Å². The number of hydrogen-bond donors (Lipinski definition) is 4. The summed E-state index contributed by atoms with van der Waals surface area (Å²) in [6.45, 7) is 3.17. The van der Waals surface area contributed by atoms with Crippen molar-refractivity contribution in [3.8, 4) is 11.8 Å². The number of alkyl halides is 4. The average Bonchev–Trinajstić information content (AvgIpc) is 2.98. The van der Waals surface area contributed by atoms with Crippen molar-refractivity contribution in [3.05, 3.63) is 59.7 Å². The second-order valence-corrected chi connectivity index (χ2v) is 11.0. The van der Waals surface area contributed by atoms with Gasteiger partial charge in [0.15, 0.2) is 6.61 Å². The van der Waals surface area contributed by atoms with Gasteiger partial charge in [0.25, 0.3) is 5.91 Å². The van der Waals surface area contributed by atoms with Crippen LogP contribution in [-0.2, 0) is 11.3 Å². The highest BCUT2D eigenvalue weighted by Gasteiger charge is 2.37. The molecule has 1 aliphatic heterocycles. The largest absolute Gasteiger partial charge is 0.493 e. The lowest BCUT2D eigenvalue weighted by Gasteiger charge is -2.40. The van der Waals surface area contributed by atoms with Crippen LogP contribution >= 0.6 is 15.9 Å². The fraction of sp³-hybridized carbons (Fsp3) is 0.429. The van der Waals surface area contributed by atoms with Crippen molar-refractivity contribution in [2.75, 3.05) is 55.5 Å². The third-order valence-corrected chi connectivity index (χ3v) is 7.53. The summed E-state index contributed by atoms with van der Waals surface area (Å²) < 4.78 is 54.1. The third kappa shape index (κ3) is 9.93. The molecule has 2 aromatic carbocycles. The smallest absolute Gasteiger partial charge is 0.422 e. The maximum atomic E-state index is 12.8. The maximum absolute atomic E-state index is 12.8. The van der Waals surface area contributed by atoms with Crippen molar-refractivity contribution >= 4 is 39.4 Å². The molecule has 5 N–H and O–H groups in total. The lowest BCUT2D eigenvalue weighted by molar-refractivity contribution is -0.154. The predicted molar refractivity (Wildman–Crippen MR) is 158 cm³/mol. The molecule has 0 radical (unpaired) electrons. The van der Waals surface area contributed by atoms with Gasteiger partial charge in [-0.05, 0) is 47.9 Å². The molecule has 0 aliphatic carbocycles. The summed E-state index contributed by atoms with van der Waals surface area (Å²) in [4.78, 5) is 24.8. The van der Waals surface area contributed by atoms with Gasteiger partial charge in [-0.3, -0.25) is 4.79 Å². The molecule has 1 atom stereocenters. The van der Waals surface area contributed by atoms with E-state index in [1.165, 1.54) is 0 Å². The Hall–Kier alpha value is -3.69. The molecule has 3 aromatic rings. The summed E-state index contributed by atoms with van der Waals surface area (Å²) in [5.41, 5.74) is 7.33. The number of anilines is 3. The van der Waals surface area contributed by atoms with Crippen LogP contribution in [0, 0.1) is 11.3 Å². The molecule has 1 saturated heterocycles. The average molecular weight is 669 g/mol. The number of hydrogen-bond acceptors (Lipinski definition) is 10. The number of carbonyl (C=O) groups excluding carboxylic acids is 1. The molecule has 2 heterocycles.